The molecule has 0 aliphatic carbocycles. The summed E-state index contributed by atoms with van der Waals surface area (Å²) in [6, 6.07) is 2.33. The predicted molar refractivity (Wildman–Crippen MR) is 106 cm³/mol. The molecule has 1 N–H and O–H groups in total. The Kier molecular flexibility index (Phi) is 5.91. The van der Waals surface area contributed by atoms with Gasteiger partial charge in [-0.25, -0.2) is 0 Å². The van der Waals surface area contributed by atoms with Gasteiger partial charge >= 0.3 is 0 Å². The molecular formula is C19H29ClN6O. The van der Waals surface area contributed by atoms with Gasteiger partial charge in [0.15, 0.2) is 0 Å². The fraction of sp³-hybridized carbons (Fsp3) is 0.632. The molecule has 2 unspecified atom stereocenters. The number of nitrogens with one attached hydrogen (secondary N) is 1. The molecular weight excluding hydrogens is 364 g/mol. The van der Waals surface area contributed by atoms with Crippen LogP contribution in [0.5, 0.6) is 0 Å². The third-order valence-corrected chi connectivity index (χ3v) is 5.88. The highest BCUT2D eigenvalue weighted by molar-refractivity contribution is 5.92. The molecule has 4 heterocycles. The summed E-state index contributed by atoms with van der Waals surface area (Å²) in [7, 11) is 1.97. The van der Waals surface area contributed by atoms with Crippen molar-refractivity contribution < 1.29 is 4.79 Å². The van der Waals surface area contributed by atoms with Crippen LogP contribution < -0.4 is 5.32 Å². The van der Waals surface area contributed by atoms with E-state index >= 15 is 0 Å². The second-order valence-electron chi connectivity index (χ2n) is 7.55. The van der Waals surface area contributed by atoms with Crippen LogP contribution in [0.15, 0.2) is 12.3 Å². The number of hydrogen-bond acceptors (Lipinski definition) is 4. The molecule has 0 bridgehead atoms. The van der Waals surface area contributed by atoms with Crippen LogP contribution in [0.2, 0.25) is 0 Å². The summed E-state index contributed by atoms with van der Waals surface area (Å²) >= 11 is 0. The highest BCUT2D eigenvalue weighted by atomic mass is 35.5. The van der Waals surface area contributed by atoms with E-state index in [1.807, 2.05) is 40.5 Å². The van der Waals surface area contributed by atoms with Crippen LogP contribution in [0.1, 0.15) is 65.2 Å². The van der Waals surface area contributed by atoms with Crippen molar-refractivity contribution in [2.24, 2.45) is 7.05 Å². The first-order valence-corrected chi connectivity index (χ1v) is 9.63. The minimum atomic E-state index is 0. The Balaban J connectivity index is 0.00000210. The molecule has 2 saturated heterocycles. The van der Waals surface area contributed by atoms with Crippen LogP contribution in [-0.2, 0) is 7.05 Å². The Morgan fingerprint density at radius 1 is 1.22 bits per heavy atom. The van der Waals surface area contributed by atoms with Crippen LogP contribution >= 0.6 is 12.4 Å². The highest BCUT2D eigenvalue weighted by Gasteiger charge is 2.35. The molecule has 2 aliphatic rings. The largest absolute Gasteiger partial charge is 0.330 e. The molecule has 8 heteroatoms. The van der Waals surface area contributed by atoms with Crippen molar-refractivity contribution in [1.29, 1.82) is 0 Å². The third kappa shape index (κ3) is 3.62. The number of amides is 1. The Hall–Kier alpha value is -1.86. The zero-order valence-corrected chi connectivity index (χ0v) is 17.1. The van der Waals surface area contributed by atoms with Crippen molar-refractivity contribution in [3.63, 3.8) is 0 Å². The highest BCUT2D eigenvalue weighted by Crippen LogP contribution is 2.36. The molecule has 2 atom stereocenters. The predicted octanol–water partition coefficient (Wildman–Crippen LogP) is 2.56. The first-order valence-electron chi connectivity index (χ1n) is 9.63. The van der Waals surface area contributed by atoms with Crippen molar-refractivity contribution in [3.05, 3.63) is 34.9 Å². The van der Waals surface area contributed by atoms with Crippen LogP contribution in [0, 0.1) is 13.8 Å². The first kappa shape index (κ1) is 19.9. The SMILES string of the molecule is Cc1nn(C)c(C)c1C1CCCN1C(=O)c1ccn(C2CCCNC2)n1.Cl. The monoisotopic (exact) mass is 392 g/mol. The molecule has 2 aromatic rings. The molecule has 0 radical (unpaired) electrons. The van der Waals surface area contributed by atoms with E-state index in [2.05, 4.69) is 22.4 Å². The number of piperidine rings is 1. The number of aromatic nitrogens is 4. The molecule has 4 rings (SSSR count). The van der Waals surface area contributed by atoms with Crippen molar-refractivity contribution in [3.8, 4) is 0 Å². The van der Waals surface area contributed by atoms with Crippen molar-refractivity contribution in [2.75, 3.05) is 19.6 Å². The normalized spacial score (nSPS) is 22.7. The van der Waals surface area contributed by atoms with E-state index in [0.717, 1.165) is 56.7 Å². The Morgan fingerprint density at radius 3 is 2.70 bits per heavy atom. The smallest absolute Gasteiger partial charge is 0.274 e. The second-order valence-corrected chi connectivity index (χ2v) is 7.55. The number of carbonyl (C=O) groups is 1. The Bertz CT molecular complexity index is 807. The van der Waals surface area contributed by atoms with Gasteiger partial charge in [-0.2, -0.15) is 10.2 Å². The van der Waals surface area contributed by atoms with Gasteiger partial charge in [0.25, 0.3) is 5.91 Å². The zero-order valence-electron chi connectivity index (χ0n) is 16.3. The molecule has 2 aromatic heterocycles. The standard InChI is InChI=1S/C19H28N6O.ClH/c1-13-18(14(2)23(3)21-13)17-7-5-10-24(17)19(26)16-8-11-25(22-16)15-6-4-9-20-12-15;/h8,11,15,17,20H,4-7,9-10,12H2,1-3H3;1H. The zero-order chi connectivity index (χ0) is 18.3. The molecule has 0 aromatic carbocycles. The van der Waals surface area contributed by atoms with Crippen LogP contribution in [0.3, 0.4) is 0 Å². The van der Waals surface area contributed by atoms with Crippen LogP contribution in [0.25, 0.3) is 0 Å². The molecule has 1 amide bonds. The van der Waals surface area contributed by atoms with E-state index in [1.54, 1.807) is 0 Å². The van der Waals surface area contributed by atoms with Gasteiger partial charge < -0.3 is 10.2 Å². The summed E-state index contributed by atoms with van der Waals surface area (Å²) in [6.45, 7) is 6.91. The van der Waals surface area contributed by atoms with E-state index in [1.165, 1.54) is 5.56 Å². The van der Waals surface area contributed by atoms with Crippen molar-refractivity contribution >= 4 is 18.3 Å². The lowest BCUT2D eigenvalue weighted by Gasteiger charge is -2.25. The van der Waals surface area contributed by atoms with E-state index in [9.17, 15) is 4.79 Å². The Morgan fingerprint density at radius 2 is 2.04 bits per heavy atom. The van der Waals surface area contributed by atoms with Crippen LogP contribution in [-0.4, -0.2) is 50.0 Å². The van der Waals surface area contributed by atoms with E-state index in [0.29, 0.717) is 11.7 Å². The van der Waals surface area contributed by atoms with Gasteiger partial charge in [0.2, 0.25) is 0 Å². The maximum atomic E-state index is 13.2. The van der Waals surface area contributed by atoms with E-state index in [4.69, 9.17) is 0 Å². The molecule has 0 saturated carbocycles. The summed E-state index contributed by atoms with van der Waals surface area (Å²) < 4.78 is 3.88. The summed E-state index contributed by atoms with van der Waals surface area (Å²) in [5.74, 6) is 0.0395. The van der Waals surface area contributed by atoms with E-state index < -0.39 is 0 Å². The lowest BCUT2D eigenvalue weighted by molar-refractivity contribution is 0.0727. The topological polar surface area (TPSA) is 68.0 Å². The Labute approximate surface area is 166 Å². The number of hydrogen-bond donors (Lipinski definition) is 1. The molecule has 27 heavy (non-hydrogen) atoms. The number of halogens is 1. The minimum absolute atomic E-state index is 0. The molecule has 148 valence electrons. The summed E-state index contributed by atoms with van der Waals surface area (Å²) in [5.41, 5.74) is 3.93. The average Bonchev–Trinajstić information content (AvgIpc) is 3.36. The van der Waals surface area contributed by atoms with E-state index in [-0.39, 0.29) is 24.4 Å². The minimum Gasteiger partial charge on any atom is -0.330 e. The lowest BCUT2D eigenvalue weighted by atomic mass is 10.0. The number of aryl methyl sites for hydroxylation is 2. The fourth-order valence-electron chi connectivity index (χ4n) is 4.44. The lowest BCUT2D eigenvalue weighted by Crippen LogP contribution is -2.33. The van der Waals surface area contributed by atoms with Crippen molar-refractivity contribution in [2.45, 2.75) is 51.6 Å². The van der Waals surface area contributed by atoms with Gasteiger partial charge in [-0.3, -0.25) is 14.2 Å². The van der Waals surface area contributed by atoms with Gasteiger partial charge in [-0.1, -0.05) is 0 Å². The number of likely N-dealkylation sites (tertiary alicyclic amines) is 1. The van der Waals surface area contributed by atoms with Crippen molar-refractivity contribution in [1.82, 2.24) is 29.8 Å². The van der Waals surface area contributed by atoms with Crippen LogP contribution in [0.4, 0.5) is 0 Å². The molecule has 2 aliphatic heterocycles. The average molecular weight is 393 g/mol. The quantitative estimate of drug-likeness (QED) is 0.871. The van der Waals surface area contributed by atoms with Gasteiger partial charge in [-0.15, -0.1) is 12.4 Å². The van der Waals surface area contributed by atoms with Gasteiger partial charge in [0, 0.05) is 37.6 Å². The molecule has 0 spiro atoms. The summed E-state index contributed by atoms with van der Waals surface area (Å²) in [6.07, 6.45) is 6.24. The third-order valence-electron chi connectivity index (χ3n) is 5.88. The first-order chi connectivity index (χ1) is 12.6. The second kappa shape index (κ2) is 8.02. The van der Waals surface area contributed by atoms with Gasteiger partial charge in [0.05, 0.1) is 17.8 Å². The summed E-state index contributed by atoms with van der Waals surface area (Å²) in [5, 5.41) is 12.6. The molecule has 7 nitrogen and oxygen atoms in total. The van der Waals surface area contributed by atoms with Gasteiger partial charge in [0.1, 0.15) is 5.69 Å². The number of carbonyl (C=O) groups excluding carboxylic acids is 1. The fourth-order valence-corrected chi connectivity index (χ4v) is 4.44. The molecule has 2 fully saturated rings. The number of nitrogens with zero attached hydrogens (tertiary/aromatic N) is 5. The maximum Gasteiger partial charge on any atom is 0.274 e. The summed E-state index contributed by atoms with van der Waals surface area (Å²) in [4.78, 5) is 15.2. The maximum absolute atomic E-state index is 13.2. The number of rotatable bonds is 3. The van der Waals surface area contributed by atoms with Gasteiger partial charge in [-0.05, 0) is 52.1 Å².